The Bertz CT molecular complexity index is 247. The molecule has 2 atom stereocenters. The minimum absolute atomic E-state index is 0.0614. The summed E-state index contributed by atoms with van der Waals surface area (Å²) in [6.07, 6.45) is 0.967. The lowest BCUT2D eigenvalue weighted by Crippen LogP contribution is -2.38. The molecule has 0 aliphatic heterocycles. The van der Waals surface area contributed by atoms with E-state index in [1.165, 1.54) is 0 Å². The number of carbonyl (C=O) groups is 2. The fraction of sp³-hybridized carbons (Fsp3) is 0.818. The molecule has 0 radical (unpaired) electrons. The third-order valence-corrected chi connectivity index (χ3v) is 2.43. The molecule has 0 saturated heterocycles. The van der Waals surface area contributed by atoms with Gasteiger partial charge in [-0.2, -0.15) is 12.6 Å². The van der Waals surface area contributed by atoms with Gasteiger partial charge in [0.1, 0.15) is 6.61 Å². The molecule has 0 fully saturated rings. The quantitative estimate of drug-likeness (QED) is 0.437. The summed E-state index contributed by atoms with van der Waals surface area (Å²) in [5.74, 6) is -0.308. The molecule has 0 bridgehead atoms. The van der Waals surface area contributed by atoms with Crippen molar-refractivity contribution in [1.29, 1.82) is 0 Å². The molecule has 17 heavy (non-hydrogen) atoms. The second kappa shape index (κ2) is 9.30. The van der Waals surface area contributed by atoms with Gasteiger partial charge in [-0.3, -0.25) is 9.59 Å². The van der Waals surface area contributed by atoms with E-state index in [0.29, 0.717) is 13.1 Å². The van der Waals surface area contributed by atoms with Gasteiger partial charge in [-0.15, -0.1) is 0 Å². The number of ether oxygens (including phenoxy) is 1. The molecule has 100 valence electrons. The molecule has 0 aromatic rings. The topological polar surface area (TPSA) is 67.4 Å². The Morgan fingerprint density at radius 2 is 1.82 bits per heavy atom. The number of thiol groups is 1. The van der Waals surface area contributed by atoms with Crippen LogP contribution in [0.5, 0.6) is 0 Å². The first-order valence-corrected chi connectivity index (χ1v) is 6.33. The molecule has 2 unspecified atom stereocenters. The summed E-state index contributed by atoms with van der Waals surface area (Å²) in [5, 5.41) is 4.96. The van der Waals surface area contributed by atoms with Gasteiger partial charge in [0.05, 0.1) is 11.4 Å². The van der Waals surface area contributed by atoms with Gasteiger partial charge in [0, 0.05) is 13.1 Å². The van der Waals surface area contributed by atoms with E-state index in [9.17, 15) is 9.59 Å². The molecule has 0 aliphatic rings. The molecule has 5 nitrogen and oxygen atoms in total. The molecule has 2 amide bonds. The van der Waals surface area contributed by atoms with Crippen molar-refractivity contribution in [3.63, 3.8) is 0 Å². The molecule has 0 saturated carbocycles. The zero-order valence-electron chi connectivity index (χ0n) is 10.7. The smallest absolute Gasteiger partial charge is 0.246 e. The Balaban J connectivity index is 3.49. The highest BCUT2D eigenvalue weighted by Crippen LogP contribution is 1.94. The Kier molecular flexibility index (Phi) is 8.89. The van der Waals surface area contributed by atoms with Crippen LogP contribution in [0.3, 0.4) is 0 Å². The largest absolute Gasteiger partial charge is 0.369 e. The van der Waals surface area contributed by atoms with Gasteiger partial charge < -0.3 is 15.4 Å². The van der Waals surface area contributed by atoms with E-state index >= 15 is 0 Å². The normalized spacial score (nSPS) is 13.9. The van der Waals surface area contributed by atoms with Crippen LogP contribution in [0, 0.1) is 0 Å². The first kappa shape index (κ1) is 16.2. The Labute approximate surface area is 108 Å². The van der Waals surface area contributed by atoms with Crippen LogP contribution in [-0.4, -0.2) is 42.9 Å². The summed E-state index contributed by atoms with van der Waals surface area (Å²) < 4.78 is 5.26. The number of rotatable bonds is 8. The van der Waals surface area contributed by atoms with Crippen LogP contribution in [0.25, 0.3) is 0 Å². The molecule has 0 aromatic carbocycles. The van der Waals surface area contributed by atoms with E-state index in [2.05, 4.69) is 23.3 Å². The summed E-state index contributed by atoms with van der Waals surface area (Å²) in [6.45, 7) is 6.47. The number of amides is 2. The summed E-state index contributed by atoms with van der Waals surface area (Å²) in [5.41, 5.74) is 0. The molecule has 0 aromatic heterocycles. The highest BCUT2D eigenvalue weighted by molar-refractivity contribution is 7.81. The van der Waals surface area contributed by atoms with Crippen LogP contribution in [0.4, 0.5) is 0 Å². The fourth-order valence-corrected chi connectivity index (χ4v) is 1.01. The molecule has 0 spiro atoms. The molecular weight excluding hydrogens is 240 g/mol. The lowest BCUT2D eigenvalue weighted by atomic mass is 10.3. The molecule has 0 heterocycles. The third-order valence-electron chi connectivity index (χ3n) is 2.20. The number of hydrogen-bond acceptors (Lipinski definition) is 4. The zero-order chi connectivity index (χ0) is 13.3. The van der Waals surface area contributed by atoms with Crippen molar-refractivity contribution in [3.05, 3.63) is 0 Å². The van der Waals surface area contributed by atoms with E-state index in [-0.39, 0.29) is 29.8 Å². The van der Waals surface area contributed by atoms with Crippen LogP contribution >= 0.6 is 12.6 Å². The van der Waals surface area contributed by atoms with Gasteiger partial charge in [-0.25, -0.2) is 0 Å². The summed E-state index contributed by atoms with van der Waals surface area (Å²) >= 11 is 3.98. The molecule has 0 aliphatic carbocycles. The van der Waals surface area contributed by atoms with Crippen molar-refractivity contribution in [2.45, 2.75) is 38.5 Å². The second-order valence-corrected chi connectivity index (χ2v) is 4.62. The average Bonchev–Trinajstić information content (AvgIpc) is 2.30. The first-order chi connectivity index (χ1) is 7.97. The van der Waals surface area contributed by atoms with E-state index in [1.807, 2.05) is 13.8 Å². The monoisotopic (exact) mass is 262 g/mol. The highest BCUT2D eigenvalue weighted by Gasteiger charge is 2.07. The fourth-order valence-electron chi connectivity index (χ4n) is 0.922. The zero-order valence-corrected chi connectivity index (χ0v) is 11.5. The summed E-state index contributed by atoms with van der Waals surface area (Å²) in [7, 11) is 0. The van der Waals surface area contributed by atoms with Crippen LogP contribution in [-0.2, 0) is 14.3 Å². The van der Waals surface area contributed by atoms with Crippen LogP contribution in [0.1, 0.15) is 27.2 Å². The predicted octanol–water partition coefficient (Wildman–Crippen LogP) is 0.352. The summed E-state index contributed by atoms with van der Waals surface area (Å²) in [6, 6.07) is 0. The average molecular weight is 262 g/mol. The lowest BCUT2D eigenvalue weighted by molar-refractivity contribution is -0.127. The maximum Gasteiger partial charge on any atom is 0.246 e. The SMILES string of the molecule is CCC(C)OCC(=O)NCCNC(=O)C(C)S. The van der Waals surface area contributed by atoms with Gasteiger partial charge in [-0.05, 0) is 20.3 Å². The Morgan fingerprint density at radius 1 is 1.24 bits per heavy atom. The van der Waals surface area contributed by atoms with Gasteiger partial charge >= 0.3 is 0 Å². The van der Waals surface area contributed by atoms with Gasteiger partial charge in [-0.1, -0.05) is 6.92 Å². The van der Waals surface area contributed by atoms with Gasteiger partial charge in [0.15, 0.2) is 0 Å². The van der Waals surface area contributed by atoms with Crippen molar-refractivity contribution in [3.8, 4) is 0 Å². The molecule has 6 heteroatoms. The number of nitrogens with one attached hydrogen (secondary N) is 2. The predicted molar refractivity (Wildman–Crippen MR) is 70.2 cm³/mol. The maximum atomic E-state index is 11.3. The van der Waals surface area contributed by atoms with Crippen molar-refractivity contribution in [2.75, 3.05) is 19.7 Å². The second-order valence-electron chi connectivity index (χ2n) is 3.85. The Hall–Kier alpha value is -0.750. The molecule has 2 N–H and O–H groups in total. The van der Waals surface area contributed by atoms with Crippen molar-refractivity contribution in [1.82, 2.24) is 10.6 Å². The minimum Gasteiger partial charge on any atom is -0.369 e. The van der Waals surface area contributed by atoms with E-state index < -0.39 is 0 Å². The minimum atomic E-state index is -0.334. The lowest BCUT2D eigenvalue weighted by Gasteiger charge is -2.11. The van der Waals surface area contributed by atoms with E-state index in [4.69, 9.17) is 4.74 Å². The molecule has 0 rings (SSSR count). The van der Waals surface area contributed by atoms with E-state index in [0.717, 1.165) is 6.42 Å². The van der Waals surface area contributed by atoms with E-state index in [1.54, 1.807) is 6.92 Å². The van der Waals surface area contributed by atoms with Crippen molar-refractivity contribution in [2.24, 2.45) is 0 Å². The molecular formula is C11H22N2O3S. The van der Waals surface area contributed by atoms with Gasteiger partial charge in [0.25, 0.3) is 0 Å². The Morgan fingerprint density at radius 3 is 2.35 bits per heavy atom. The van der Waals surface area contributed by atoms with Crippen molar-refractivity contribution >= 4 is 24.4 Å². The van der Waals surface area contributed by atoms with Crippen molar-refractivity contribution < 1.29 is 14.3 Å². The van der Waals surface area contributed by atoms with Gasteiger partial charge in [0.2, 0.25) is 11.8 Å². The van der Waals surface area contributed by atoms with Crippen LogP contribution in [0.15, 0.2) is 0 Å². The standard InChI is InChI=1S/C11H22N2O3S/c1-4-8(2)16-7-10(14)12-5-6-13-11(15)9(3)17/h8-9,17H,4-7H2,1-3H3,(H,12,14)(H,13,15). The summed E-state index contributed by atoms with van der Waals surface area (Å²) in [4.78, 5) is 22.4. The maximum absolute atomic E-state index is 11.3. The third kappa shape index (κ3) is 9.00. The number of carbonyl (C=O) groups excluding carboxylic acids is 2. The first-order valence-electron chi connectivity index (χ1n) is 5.81. The highest BCUT2D eigenvalue weighted by atomic mass is 32.1. The number of hydrogen-bond donors (Lipinski definition) is 3. The van der Waals surface area contributed by atoms with Crippen LogP contribution < -0.4 is 10.6 Å². The van der Waals surface area contributed by atoms with Crippen LogP contribution in [0.2, 0.25) is 0 Å².